The Morgan fingerprint density at radius 2 is 1.67 bits per heavy atom. The van der Waals surface area contributed by atoms with Crippen molar-refractivity contribution in [3.63, 3.8) is 0 Å². The van der Waals surface area contributed by atoms with Crippen LogP contribution in [0.1, 0.15) is 34.1 Å². The lowest BCUT2D eigenvalue weighted by Crippen LogP contribution is -2.29. The molecule has 0 spiro atoms. The zero-order valence-corrected chi connectivity index (χ0v) is 28.1. The van der Waals surface area contributed by atoms with Crippen LogP contribution >= 0.6 is 0 Å². The highest BCUT2D eigenvalue weighted by Crippen LogP contribution is 2.43. The molecule has 0 unspecified atom stereocenters. The van der Waals surface area contributed by atoms with Gasteiger partial charge in [0.05, 0.1) is 17.3 Å². The van der Waals surface area contributed by atoms with E-state index >= 15 is 0 Å². The Labute approximate surface area is 270 Å². The minimum atomic E-state index is -4.87. The molecule has 2 aromatic carbocycles. The lowest BCUT2D eigenvalue weighted by atomic mass is 9.93. The highest BCUT2D eigenvalue weighted by molar-refractivity contribution is 7.89. The predicted molar refractivity (Wildman–Crippen MR) is 180 cm³/mol. The van der Waals surface area contributed by atoms with Crippen molar-refractivity contribution in [2.24, 2.45) is 0 Å². The van der Waals surface area contributed by atoms with Crippen molar-refractivity contribution in [3.8, 4) is 22.5 Å². The van der Waals surface area contributed by atoms with Crippen molar-refractivity contribution >= 4 is 36.8 Å². The molecule has 1 aliphatic carbocycles. The SMILES string of the molecule is CCN(CC)c1ccc2c(-c3ccc(S(=O)(=O)NCCCn4ccnc4)cc3S(=O)(=O)O)c3ccc(=[N+](CC)CC)cc-3oc2c1. The zero-order valence-electron chi connectivity index (χ0n) is 26.5. The second kappa shape index (κ2) is 13.8. The van der Waals surface area contributed by atoms with Crippen LogP contribution in [0.4, 0.5) is 5.69 Å². The number of aryl methyl sites for hydroxylation is 1. The van der Waals surface area contributed by atoms with Gasteiger partial charge in [-0.3, -0.25) is 4.55 Å². The lowest BCUT2D eigenvalue weighted by Gasteiger charge is -2.22. The Morgan fingerprint density at radius 3 is 2.33 bits per heavy atom. The van der Waals surface area contributed by atoms with Gasteiger partial charge in [-0.05, 0) is 64.4 Å². The Hall–Kier alpha value is -4.04. The molecule has 11 nitrogen and oxygen atoms in total. The fourth-order valence-corrected chi connectivity index (χ4v) is 7.69. The van der Waals surface area contributed by atoms with Crippen LogP contribution in [-0.2, 0) is 26.7 Å². The van der Waals surface area contributed by atoms with Crippen molar-refractivity contribution in [1.82, 2.24) is 18.8 Å². The molecule has 2 aliphatic rings. The minimum absolute atomic E-state index is 0.128. The van der Waals surface area contributed by atoms with E-state index in [9.17, 15) is 21.4 Å². The van der Waals surface area contributed by atoms with Crippen molar-refractivity contribution in [2.75, 3.05) is 37.6 Å². The number of benzene rings is 3. The Kier molecular flexibility index (Phi) is 9.96. The molecule has 5 rings (SSSR count). The molecule has 46 heavy (non-hydrogen) atoms. The molecular formula is C33H40N5O6S2+. The van der Waals surface area contributed by atoms with Crippen molar-refractivity contribution < 1.29 is 25.8 Å². The van der Waals surface area contributed by atoms with Crippen LogP contribution in [-0.4, -0.2) is 63.7 Å². The molecule has 0 bridgehead atoms. The van der Waals surface area contributed by atoms with Gasteiger partial charge < -0.3 is 13.9 Å². The van der Waals surface area contributed by atoms with Crippen LogP contribution in [0.5, 0.6) is 0 Å². The van der Waals surface area contributed by atoms with Gasteiger partial charge in [0, 0.05) is 78.5 Å². The maximum atomic E-state index is 13.2. The molecule has 0 atom stereocenters. The Morgan fingerprint density at radius 1 is 0.935 bits per heavy atom. The predicted octanol–water partition coefficient (Wildman–Crippen LogP) is 4.67. The number of nitrogens with zero attached hydrogens (tertiary/aromatic N) is 4. The van der Waals surface area contributed by atoms with Crippen LogP contribution in [0.25, 0.3) is 33.4 Å². The molecule has 1 aliphatic heterocycles. The van der Waals surface area contributed by atoms with Gasteiger partial charge in [-0.25, -0.2) is 22.7 Å². The summed E-state index contributed by atoms with van der Waals surface area (Å²) in [5, 5.41) is 1.57. The van der Waals surface area contributed by atoms with E-state index in [0.29, 0.717) is 40.8 Å². The van der Waals surface area contributed by atoms with E-state index in [-0.39, 0.29) is 17.0 Å². The van der Waals surface area contributed by atoms with Gasteiger partial charge in [0.2, 0.25) is 15.4 Å². The summed E-state index contributed by atoms with van der Waals surface area (Å²) in [5.74, 6) is 0.529. The van der Waals surface area contributed by atoms with Gasteiger partial charge in [-0.15, -0.1) is 0 Å². The first-order valence-electron chi connectivity index (χ1n) is 15.4. The zero-order chi connectivity index (χ0) is 33.1. The van der Waals surface area contributed by atoms with Gasteiger partial charge in [-0.1, -0.05) is 6.07 Å². The van der Waals surface area contributed by atoms with Crippen LogP contribution in [0, 0.1) is 0 Å². The maximum absolute atomic E-state index is 13.2. The number of aromatic nitrogens is 2. The first-order valence-corrected chi connectivity index (χ1v) is 18.3. The second-order valence-corrected chi connectivity index (χ2v) is 14.0. The van der Waals surface area contributed by atoms with Crippen molar-refractivity contribution in [2.45, 2.75) is 50.5 Å². The molecule has 2 heterocycles. The van der Waals surface area contributed by atoms with E-state index in [1.807, 2.05) is 41.0 Å². The molecule has 0 amide bonds. The summed E-state index contributed by atoms with van der Waals surface area (Å²) in [5.41, 5.74) is 2.78. The summed E-state index contributed by atoms with van der Waals surface area (Å²) >= 11 is 0. The third kappa shape index (κ3) is 6.87. The van der Waals surface area contributed by atoms with E-state index in [1.165, 1.54) is 12.1 Å². The monoisotopic (exact) mass is 666 g/mol. The molecule has 3 aromatic rings. The van der Waals surface area contributed by atoms with E-state index in [4.69, 9.17) is 4.42 Å². The number of sulfonamides is 1. The number of nitrogens with one attached hydrogen (secondary N) is 1. The number of hydrogen-bond donors (Lipinski definition) is 2. The molecule has 0 radical (unpaired) electrons. The number of anilines is 1. The third-order valence-corrected chi connectivity index (χ3v) is 10.6. The summed E-state index contributed by atoms with van der Waals surface area (Å²) in [6.07, 6.45) is 5.56. The number of imidazole rings is 1. The number of fused-ring (bicyclic) bond motifs is 2. The summed E-state index contributed by atoms with van der Waals surface area (Å²) in [4.78, 5) is 5.37. The minimum Gasteiger partial charge on any atom is -0.456 e. The van der Waals surface area contributed by atoms with E-state index in [1.54, 1.807) is 18.7 Å². The van der Waals surface area contributed by atoms with E-state index < -0.39 is 25.0 Å². The first kappa shape index (κ1) is 33.3. The number of hydrogen-bond acceptors (Lipinski definition) is 7. The molecule has 13 heteroatoms. The average Bonchev–Trinajstić information content (AvgIpc) is 3.56. The highest BCUT2D eigenvalue weighted by atomic mass is 32.2. The molecule has 1 aromatic heterocycles. The lowest BCUT2D eigenvalue weighted by molar-refractivity contribution is 0.483. The Balaban J connectivity index is 1.69. The van der Waals surface area contributed by atoms with Crippen LogP contribution in [0.2, 0.25) is 0 Å². The number of rotatable bonds is 13. The molecule has 0 fully saturated rings. The molecular weight excluding hydrogens is 627 g/mol. The molecule has 2 N–H and O–H groups in total. The van der Waals surface area contributed by atoms with Gasteiger partial charge in [0.25, 0.3) is 10.1 Å². The summed E-state index contributed by atoms with van der Waals surface area (Å²) in [7, 11) is -8.96. The summed E-state index contributed by atoms with van der Waals surface area (Å²) < 4.78 is 75.7. The first-order chi connectivity index (χ1) is 22.0. The Bertz CT molecular complexity index is 2100. The molecule has 0 saturated carbocycles. The standard InChI is InChI=1S/C33H39N5O6S2/c1-5-37(6-2)24-10-13-27-30(20-24)44-31-21-25(38(7-3)8-4)11-14-28(31)33(27)29-15-12-26(22-32(29)46(41,42)43)45(39,40)35-16-9-18-36-19-17-34-23-36/h10-15,17,19-23,35H,5-9,16,18H2,1-4H3/p+1. The molecule has 0 saturated heterocycles. The average molecular weight is 667 g/mol. The topological polar surface area (TPSA) is 138 Å². The van der Waals surface area contributed by atoms with Crippen molar-refractivity contribution in [1.29, 1.82) is 0 Å². The summed E-state index contributed by atoms with van der Waals surface area (Å²) in [6.45, 7) is 12.1. The van der Waals surface area contributed by atoms with Gasteiger partial charge >= 0.3 is 0 Å². The van der Waals surface area contributed by atoms with Gasteiger partial charge in [-0.2, -0.15) is 8.42 Å². The fraction of sp³-hybridized carbons (Fsp3) is 0.333. The summed E-state index contributed by atoms with van der Waals surface area (Å²) in [6, 6.07) is 15.3. The largest absolute Gasteiger partial charge is 0.456 e. The van der Waals surface area contributed by atoms with E-state index in [0.717, 1.165) is 43.3 Å². The normalized spacial score (nSPS) is 12.2. The van der Waals surface area contributed by atoms with Gasteiger partial charge in [0.15, 0.2) is 0 Å². The second-order valence-electron chi connectivity index (χ2n) is 10.9. The quantitative estimate of drug-likeness (QED) is 0.0801. The smallest absolute Gasteiger partial charge is 0.295 e. The van der Waals surface area contributed by atoms with Gasteiger partial charge in [0.1, 0.15) is 29.3 Å². The fourth-order valence-electron chi connectivity index (χ4n) is 5.79. The maximum Gasteiger partial charge on any atom is 0.295 e. The highest BCUT2D eigenvalue weighted by Gasteiger charge is 2.27. The van der Waals surface area contributed by atoms with Crippen LogP contribution in [0.15, 0.2) is 87.5 Å². The van der Waals surface area contributed by atoms with Crippen molar-refractivity contribution in [3.05, 3.63) is 78.7 Å². The third-order valence-electron chi connectivity index (χ3n) is 8.20. The van der Waals surface area contributed by atoms with E-state index in [2.05, 4.69) is 46.9 Å². The van der Waals surface area contributed by atoms with Crippen LogP contribution < -0.4 is 19.6 Å². The van der Waals surface area contributed by atoms with Crippen LogP contribution in [0.3, 0.4) is 0 Å². The molecule has 244 valence electrons.